The monoisotopic (exact) mass is 264 g/mol. The highest BCUT2D eigenvalue weighted by atomic mass is 16.5. The minimum absolute atomic E-state index is 0.0155. The molecular weight excluding hydrogens is 244 g/mol. The number of ether oxygens (including phenoxy) is 1. The Labute approximate surface area is 113 Å². The van der Waals surface area contributed by atoms with Crippen molar-refractivity contribution in [2.24, 2.45) is 0 Å². The van der Waals surface area contributed by atoms with Crippen molar-refractivity contribution in [1.82, 2.24) is 9.47 Å². The molecule has 1 aromatic rings. The van der Waals surface area contributed by atoms with E-state index in [1.165, 1.54) is 7.11 Å². The van der Waals surface area contributed by atoms with Gasteiger partial charge in [0.15, 0.2) is 0 Å². The molecule has 0 bridgehead atoms. The molecule has 0 radical (unpaired) electrons. The van der Waals surface area contributed by atoms with Crippen molar-refractivity contribution >= 4 is 11.9 Å². The molecule has 1 aromatic heterocycles. The van der Waals surface area contributed by atoms with Gasteiger partial charge in [-0.3, -0.25) is 9.59 Å². The summed E-state index contributed by atoms with van der Waals surface area (Å²) in [5.74, 6) is -0.219. The predicted molar refractivity (Wildman–Crippen MR) is 70.9 cm³/mol. The first-order valence-electron chi connectivity index (χ1n) is 6.62. The molecule has 1 aliphatic carbocycles. The molecule has 1 aliphatic rings. The van der Waals surface area contributed by atoms with Crippen molar-refractivity contribution in [2.75, 3.05) is 20.7 Å². The number of aromatic nitrogens is 1. The zero-order chi connectivity index (χ0) is 13.8. The third-order valence-electron chi connectivity index (χ3n) is 3.39. The van der Waals surface area contributed by atoms with E-state index < -0.39 is 0 Å². The lowest BCUT2D eigenvalue weighted by Crippen LogP contribution is -2.29. The topological polar surface area (TPSA) is 51.5 Å². The molecule has 0 atom stereocenters. The van der Waals surface area contributed by atoms with Crippen LogP contribution in [0.1, 0.15) is 42.2 Å². The number of carbonyl (C=O) groups excluding carboxylic acids is 2. The van der Waals surface area contributed by atoms with Crippen LogP contribution in [0.2, 0.25) is 0 Å². The van der Waals surface area contributed by atoms with Crippen LogP contribution >= 0.6 is 0 Å². The smallest absolute Gasteiger partial charge is 0.305 e. The van der Waals surface area contributed by atoms with Gasteiger partial charge in [0, 0.05) is 32.3 Å². The summed E-state index contributed by atoms with van der Waals surface area (Å²) in [6, 6.07) is 4.27. The number of rotatable bonds is 6. The Morgan fingerprint density at radius 3 is 2.84 bits per heavy atom. The highest BCUT2D eigenvalue weighted by molar-refractivity contribution is 5.92. The number of carbonyl (C=O) groups is 2. The largest absolute Gasteiger partial charge is 0.469 e. The minimum Gasteiger partial charge on any atom is -0.469 e. The summed E-state index contributed by atoms with van der Waals surface area (Å²) in [4.78, 5) is 25.0. The number of methoxy groups -OCH3 is 1. The number of esters is 1. The van der Waals surface area contributed by atoms with Gasteiger partial charge in [0.25, 0.3) is 5.91 Å². The van der Waals surface area contributed by atoms with Crippen molar-refractivity contribution in [3.05, 3.63) is 24.0 Å². The average Bonchev–Trinajstić information content (AvgIpc) is 3.15. The Bertz CT molecular complexity index is 463. The second-order valence-electron chi connectivity index (χ2n) is 4.94. The Morgan fingerprint density at radius 2 is 2.21 bits per heavy atom. The summed E-state index contributed by atoms with van der Waals surface area (Å²) >= 11 is 0. The van der Waals surface area contributed by atoms with E-state index in [4.69, 9.17) is 0 Å². The average molecular weight is 264 g/mol. The lowest BCUT2D eigenvalue weighted by molar-refractivity contribution is -0.140. The quantitative estimate of drug-likeness (QED) is 0.737. The van der Waals surface area contributed by atoms with Crippen LogP contribution in [0.5, 0.6) is 0 Å². The Kier molecular flexibility index (Phi) is 4.24. The van der Waals surface area contributed by atoms with Gasteiger partial charge in [-0.2, -0.15) is 0 Å². The van der Waals surface area contributed by atoms with Crippen molar-refractivity contribution in [2.45, 2.75) is 31.7 Å². The molecule has 1 amide bonds. The Morgan fingerprint density at radius 1 is 1.47 bits per heavy atom. The summed E-state index contributed by atoms with van der Waals surface area (Å²) in [7, 11) is 3.14. The van der Waals surface area contributed by atoms with Crippen LogP contribution < -0.4 is 0 Å². The molecule has 0 aromatic carbocycles. The van der Waals surface area contributed by atoms with Crippen LogP contribution in [0.4, 0.5) is 0 Å². The summed E-state index contributed by atoms with van der Waals surface area (Å²) in [6.45, 7) is 0.559. The van der Waals surface area contributed by atoms with Gasteiger partial charge in [-0.1, -0.05) is 0 Å². The van der Waals surface area contributed by atoms with Gasteiger partial charge in [-0.25, -0.2) is 0 Å². The van der Waals surface area contributed by atoms with Gasteiger partial charge in [0.1, 0.15) is 5.69 Å². The lowest BCUT2D eigenvalue weighted by Gasteiger charge is -2.18. The second kappa shape index (κ2) is 5.91. The minimum atomic E-state index is -0.234. The molecular formula is C14H20N2O3. The van der Waals surface area contributed by atoms with Crippen LogP contribution in [0.25, 0.3) is 0 Å². The SMILES string of the molecule is COC(=O)CCCN(C)C(=O)c1cccn1C1CC1. The van der Waals surface area contributed by atoms with Crippen LogP contribution in [0.15, 0.2) is 18.3 Å². The molecule has 0 unspecified atom stereocenters. The predicted octanol–water partition coefficient (Wildman–Crippen LogP) is 1.85. The van der Waals surface area contributed by atoms with Gasteiger partial charge in [-0.15, -0.1) is 0 Å². The zero-order valence-corrected chi connectivity index (χ0v) is 11.5. The van der Waals surface area contributed by atoms with Crippen LogP contribution in [-0.2, 0) is 9.53 Å². The molecule has 1 heterocycles. The highest BCUT2D eigenvalue weighted by Gasteiger charge is 2.27. The fraction of sp³-hybridized carbons (Fsp3) is 0.571. The summed E-state index contributed by atoms with van der Waals surface area (Å²) in [6.07, 6.45) is 5.24. The fourth-order valence-electron chi connectivity index (χ4n) is 2.11. The first-order valence-corrected chi connectivity index (χ1v) is 6.62. The molecule has 0 aliphatic heterocycles. The van der Waals surface area contributed by atoms with Gasteiger partial charge in [0.05, 0.1) is 7.11 Å². The molecule has 104 valence electrons. The third-order valence-corrected chi connectivity index (χ3v) is 3.39. The summed E-state index contributed by atoms with van der Waals surface area (Å²) in [5, 5.41) is 0. The molecule has 5 nitrogen and oxygen atoms in total. The summed E-state index contributed by atoms with van der Waals surface area (Å²) < 4.78 is 6.63. The maximum absolute atomic E-state index is 12.3. The standard InChI is InChI=1S/C14H20N2O3/c1-15(9-4-6-13(17)19-2)14(18)12-5-3-10-16(12)11-7-8-11/h3,5,10-11H,4,6-9H2,1-2H3. The van der Waals surface area contributed by atoms with Gasteiger partial charge in [0.2, 0.25) is 0 Å². The van der Waals surface area contributed by atoms with E-state index in [1.54, 1.807) is 11.9 Å². The summed E-state index contributed by atoms with van der Waals surface area (Å²) in [5.41, 5.74) is 0.739. The molecule has 0 N–H and O–H groups in total. The Hall–Kier alpha value is -1.78. The molecule has 0 spiro atoms. The number of hydrogen-bond donors (Lipinski definition) is 0. The first-order chi connectivity index (χ1) is 9.13. The van der Waals surface area contributed by atoms with Gasteiger partial charge in [-0.05, 0) is 31.4 Å². The Balaban J connectivity index is 1.87. The lowest BCUT2D eigenvalue weighted by atomic mass is 10.3. The molecule has 0 saturated heterocycles. The van der Waals surface area contributed by atoms with Gasteiger partial charge >= 0.3 is 5.97 Å². The number of amides is 1. The van der Waals surface area contributed by atoms with E-state index in [1.807, 2.05) is 18.3 Å². The van der Waals surface area contributed by atoms with Crippen molar-refractivity contribution in [3.8, 4) is 0 Å². The zero-order valence-electron chi connectivity index (χ0n) is 11.5. The highest BCUT2D eigenvalue weighted by Crippen LogP contribution is 2.36. The van der Waals surface area contributed by atoms with E-state index in [9.17, 15) is 9.59 Å². The first kappa shape index (κ1) is 13.6. The van der Waals surface area contributed by atoms with Gasteiger partial charge < -0.3 is 14.2 Å². The molecule has 5 heteroatoms. The van der Waals surface area contributed by atoms with Crippen molar-refractivity contribution in [1.29, 1.82) is 0 Å². The van der Waals surface area contributed by atoms with E-state index in [0.717, 1.165) is 18.5 Å². The van der Waals surface area contributed by atoms with Crippen LogP contribution in [-0.4, -0.2) is 42.0 Å². The van der Waals surface area contributed by atoms with E-state index in [2.05, 4.69) is 9.30 Å². The van der Waals surface area contributed by atoms with Crippen LogP contribution in [0, 0.1) is 0 Å². The normalized spacial score (nSPS) is 14.2. The second-order valence-corrected chi connectivity index (χ2v) is 4.94. The fourth-order valence-corrected chi connectivity index (χ4v) is 2.11. The molecule has 19 heavy (non-hydrogen) atoms. The molecule has 1 saturated carbocycles. The number of nitrogens with zero attached hydrogens (tertiary/aromatic N) is 2. The maximum atomic E-state index is 12.3. The number of hydrogen-bond acceptors (Lipinski definition) is 3. The van der Waals surface area contributed by atoms with E-state index in [0.29, 0.717) is 25.4 Å². The maximum Gasteiger partial charge on any atom is 0.305 e. The molecule has 2 rings (SSSR count). The third kappa shape index (κ3) is 3.36. The van der Waals surface area contributed by atoms with Crippen molar-refractivity contribution in [3.63, 3.8) is 0 Å². The van der Waals surface area contributed by atoms with E-state index >= 15 is 0 Å². The van der Waals surface area contributed by atoms with E-state index in [-0.39, 0.29) is 11.9 Å². The van der Waals surface area contributed by atoms with Crippen LogP contribution in [0.3, 0.4) is 0 Å². The molecule has 1 fully saturated rings. The van der Waals surface area contributed by atoms with Crippen molar-refractivity contribution < 1.29 is 14.3 Å².